The number of carbonyl (C=O) groups is 2. The maximum atomic E-state index is 12.8. The predicted molar refractivity (Wildman–Crippen MR) is 107 cm³/mol. The van der Waals surface area contributed by atoms with Gasteiger partial charge in [-0.15, -0.1) is 11.3 Å². The molecule has 3 heterocycles. The van der Waals surface area contributed by atoms with Gasteiger partial charge in [0.05, 0.1) is 11.6 Å². The second-order valence-electron chi connectivity index (χ2n) is 6.97. The number of aromatic nitrogens is 2. The Labute approximate surface area is 166 Å². The second kappa shape index (κ2) is 7.20. The van der Waals surface area contributed by atoms with Crippen LogP contribution in [0, 0.1) is 26.7 Å². The highest BCUT2D eigenvalue weighted by Gasteiger charge is 2.35. The Hall–Kier alpha value is -3.00. The molecular formula is C20H20N4O3S. The SMILES string of the molecule is Cc1noc(-c2sccc2NC(=O)C2CC(=O)N(c3ccc(C)c(C)c3)C2)n1. The van der Waals surface area contributed by atoms with E-state index in [2.05, 4.69) is 15.5 Å². The minimum absolute atomic E-state index is 0.0403. The van der Waals surface area contributed by atoms with Crippen LogP contribution in [0.15, 0.2) is 34.2 Å². The maximum Gasteiger partial charge on any atom is 0.270 e. The van der Waals surface area contributed by atoms with Gasteiger partial charge in [0.2, 0.25) is 11.8 Å². The van der Waals surface area contributed by atoms with Crippen LogP contribution in [0.1, 0.15) is 23.4 Å². The summed E-state index contributed by atoms with van der Waals surface area (Å²) in [7, 11) is 0. The molecule has 1 atom stereocenters. The number of rotatable bonds is 4. The minimum Gasteiger partial charge on any atom is -0.333 e. The lowest BCUT2D eigenvalue weighted by Gasteiger charge is -2.18. The van der Waals surface area contributed by atoms with E-state index in [1.807, 2.05) is 37.4 Å². The molecule has 4 rings (SSSR count). The molecule has 1 aliphatic rings. The summed E-state index contributed by atoms with van der Waals surface area (Å²) in [6, 6.07) is 7.71. The van der Waals surface area contributed by atoms with Gasteiger partial charge in [0, 0.05) is 18.7 Å². The predicted octanol–water partition coefficient (Wildman–Crippen LogP) is 3.71. The fourth-order valence-electron chi connectivity index (χ4n) is 3.22. The monoisotopic (exact) mass is 396 g/mol. The van der Waals surface area contributed by atoms with Gasteiger partial charge in [-0.2, -0.15) is 4.98 Å². The molecule has 1 aromatic carbocycles. The molecule has 0 spiro atoms. The van der Waals surface area contributed by atoms with Crippen LogP contribution in [0.2, 0.25) is 0 Å². The molecule has 1 aliphatic heterocycles. The summed E-state index contributed by atoms with van der Waals surface area (Å²) >= 11 is 1.41. The Morgan fingerprint density at radius 3 is 2.79 bits per heavy atom. The van der Waals surface area contributed by atoms with Crippen LogP contribution >= 0.6 is 11.3 Å². The number of benzene rings is 1. The lowest BCUT2D eigenvalue weighted by molar-refractivity contribution is -0.122. The molecule has 144 valence electrons. The van der Waals surface area contributed by atoms with Crippen LogP contribution in [-0.4, -0.2) is 28.5 Å². The van der Waals surface area contributed by atoms with Crippen LogP contribution in [-0.2, 0) is 9.59 Å². The molecule has 1 unspecified atom stereocenters. The standard InChI is InChI=1S/C20H20N4O3S/c1-11-4-5-15(8-12(11)2)24-10-14(9-17(24)25)19(26)22-16-6-7-28-18(16)20-21-13(3)23-27-20/h4-8,14H,9-10H2,1-3H3,(H,22,26). The smallest absolute Gasteiger partial charge is 0.270 e. The first-order valence-corrected chi connectivity index (χ1v) is 9.87. The van der Waals surface area contributed by atoms with Gasteiger partial charge in [0.1, 0.15) is 4.88 Å². The summed E-state index contributed by atoms with van der Waals surface area (Å²) in [6.45, 7) is 6.15. The summed E-state index contributed by atoms with van der Waals surface area (Å²) < 4.78 is 5.20. The first-order chi connectivity index (χ1) is 13.4. The van der Waals surface area contributed by atoms with E-state index < -0.39 is 5.92 Å². The van der Waals surface area contributed by atoms with Crippen LogP contribution < -0.4 is 10.2 Å². The molecule has 0 saturated carbocycles. The molecule has 0 bridgehead atoms. The van der Waals surface area contributed by atoms with Crippen molar-refractivity contribution in [1.29, 1.82) is 0 Å². The van der Waals surface area contributed by atoms with Gasteiger partial charge in [-0.1, -0.05) is 11.2 Å². The van der Waals surface area contributed by atoms with E-state index in [1.54, 1.807) is 17.9 Å². The van der Waals surface area contributed by atoms with Gasteiger partial charge in [-0.05, 0) is 55.5 Å². The summed E-state index contributed by atoms with van der Waals surface area (Å²) in [5, 5.41) is 8.56. The number of aryl methyl sites for hydroxylation is 3. The average Bonchev–Trinajstić information content (AvgIpc) is 3.37. The van der Waals surface area contributed by atoms with Crippen LogP contribution in [0.25, 0.3) is 10.8 Å². The van der Waals surface area contributed by atoms with E-state index in [-0.39, 0.29) is 18.2 Å². The highest BCUT2D eigenvalue weighted by Crippen LogP contribution is 2.34. The van der Waals surface area contributed by atoms with E-state index in [0.717, 1.165) is 11.3 Å². The number of carbonyl (C=O) groups excluding carboxylic acids is 2. The van der Waals surface area contributed by atoms with Crippen molar-refractivity contribution < 1.29 is 14.1 Å². The van der Waals surface area contributed by atoms with Crippen LogP contribution in [0.4, 0.5) is 11.4 Å². The van der Waals surface area contributed by atoms with Crippen molar-refractivity contribution in [2.45, 2.75) is 27.2 Å². The van der Waals surface area contributed by atoms with Crippen molar-refractivity contribution in [2.24, 2.45) is 5.92 Å². The van der Waals surface area contributed by atoms with E-state index in [1.165, 1.54) is 16.9 Å². The third-order valence-electron chi connectivity index (χ3n) is 4.94. The lowest BCUT2D eigenvalue weighted by atomic mass is 10.1. The quantitative estimate of drug-likeness (QED) is 0.726. The summed E-state index contributed by atoms with van der Waals surface area (Å²) in [5.41, 5.74) is 3.75. The average molecular weight is 396 g/mol. The number of nitrogens with zero attached hydrogens (tertiary/aromatic N) is 3. The highest BCUT2D eigenvalue weighted by atomic mass is 32.1. The Kier molecular flexibility index (Phi) is 4.72. The molecular weight excluding hydrogens is 376 g/mol. The third-order valence-corrected chi connectivity index (χ3v) is 5.85. The van der Waals surface area contributed by atoms with Gasteiger partial charge in [0.25, 0.3) is 5.89 Å². The van der Waals surface area contributed by atoms with Crippen molar-refractivity contribution in [2.75, 3.05) is 16.8 Å². The van der Waals surface area contributed by atoms with Gasteiger partial charge in [-0.3, -0.25) is 9.59 Å². The number of anilines is 2. The Balaban J connectivity index is 1.49. The zero-order valence-electron chi connectivity index (χ0n) is 15.9. The molecule has 8 heteroatoms. The van der Waals surface area contributed by atoms with Crippen molar-refractivity contribution in [3.8, 4) is 10.8 Å². The Morgan fingerprint density at radius 2 is 2.07 bits per heavy atom. The van der Waals surface area contributed by atoms with Gasteiger partial charge in [0.15, 0.2) is 5.82 Å². The molecule has 2 aromatic heterocycles. The molecule has 28 heavy (non-hydrogen) atoms. The number of hydrogen-bond acceptors (Lipinski definition) is 6. The summed E-state index contributed by atoms with van der Waals surface area (Å²) in [4.78, 5) is 31.9. The maximum absolute atomic E-state index is 12.8. The molecule has 1 N–H and O–H groups in total. The second-order valence-corrected chi connectivity index (χ2v) is 7.89. The van der Waals surface area contributed by atoms with Crippen molar-refractivity contribution in [3.63, 3.8) is 0 Å². The molecule has 0 aliphatic carbocycles. The Morgan fingerprint density at radius 1 is 1.25 bits per heavy atom. The minimum atomic E-state index is -0.411. The van der Waals surface area contributed by atoms with E-state index in [9.17, 15) is 9.59 Å². The Bertz CT molecular complexity index is 1060. The number of hydrogen-bond donors (Lipinski definition) is 1. The summed E-state index contributed by atoms with van der Waals surface area (Å²) in [6.07, 6.45) is 0.192. The lowest BCUT2D eigenvalue weighted by Crippen LogP contribution is -2.28. The van der Waals surface area contributed by atoms with Crippen molar-refractivity contribution in [3.05, 3.63) is 46.6 Å². The van der Waals surface area contributed by atoms with Gasteiger partial charge in [-0.25, -0.2) is 0 Å². The fraction of sp³-hybridized carbons (Fsp3) is 0.300. The molecule has 3 aromatic rings. The van der Waals surface area contributed by atoms with Gasteiger partial charge >= 0.3 is 0 Å². The summed E-state index contributed by atoms with van der Waals surface area (Å²) in [5.74, 6) is 0.275. The largest absolute Gasteiger partial charge is 0.333 e. The first kappa shape index (κ1) is 18.4. The highest BCUT2D eigenvalue weighted by molar-refractivity contribution is 7.14. The molecule has 1 fully saturated rings. The zero-order chi connectivity index (χ0) is 19.8. The van der Waals surface area contributed by atoms with Crippen LogP contribution in [0.5, 0.6) is 0 Å². The van der Waals surface area contributed by atoms with Crippen molar-refractivity contribution in [1.82, 2.24) is 10.1 Å². The van der Waals surface area contributed by atoms with Gasteiger partial charge < -0.3 is 14.7 Å². The zero-order valence-corrected chi connectivity index (χ0v) is 16.7. The number of amides is 2. The topological polar surface area (TPSA) is 88.3 Å². The first-order valence-electron chi connectivity index (χ1n) is 8.99. The van der Waals surface area contributed by atoms with Crippen molar-refractivity contribution >= 4 is 34.5 Å². The molecule has 1 saturated heterocycles. The third kappa shape index (κ3) is 3.43. The molecule has 2 amide bonds. The molecule has 7 nitrogen and oxygen atoms in total. The van der Waals surface area contributed by atoms with E-state index in [0.29, 0.717) is 28.8 Å². The fourth-order valence-corrected chi connectivity index (χ4v) is 3.99. The normalized spacial score (nSPS) is 16.6. The van der Waals surface area contributed by atoms with Crippen LogP contribution in [0.3, 0.4) is 0 Å². The molecule has 0 radical (unpaired) electrons. The number of nitrogens with one attached hydrogen (secondary N) is 1. The van der Waals surface area contributed by atoms with E-state index >= 15 is 0 Å². The van der Waals surface area contributed by atoms with E-state index in [4.69, 9.17) is 4.52 Å². The number of thiophene rings is 1.